The van der Waals surface area contributed by atoms with Crippen molar-refractivity contribution in [2.45, 2.75) is 18.0 Å². The fourth-order valence-electron chi connectivity index (χ4n) is 0.981. The van der Waals surface area contributed by atoms with Crippen LogP contribution in [0, 0.1) is 0 Å². The van der Waals surface area contributed by atoms with Crippen LogP contribution in [0.2, 0.25) is 0 Å². The first-order valence-corrected chi connectivity index (χ1v) is 4.49. The fourth-order valence-corrected chi connectivity index (χ4v) is 1.20. The monoisotopic (exact) mass is 233 g/mol. The second-order valence-electron chi connectivity index (χ2n) is 2.67. The van der Waals surface area contributed by atoms with Crippen molar-refractivity contribution in [3.05, 3.63) is 20.7 Å². The first-order valence-electron chi connectivity index (χ1n) is 4.04. The molecule has 0 fully saturated rings. The minimum Gasteiger partial charge on any atom is -0.354 e. The summed E-state index contributed by atoms with van der Waals surface area (Å²) in [5, 5.41) is 5.66. The van der Waals surface area contributed by atoms with Gasteiger partial charge in [-0.15, -0.1) is 17.7 Å². The lowest BCUT2D eigenvalue weighted by atomic mass is 10.6. The SMILES string of the molecule is COC(Cn1c(S)n[nH]c(=O)c1=O)OC. The van der Waals surface area contributed by atoms with Crippen LogP contribution in [0.4, 0.5) is 0 Å². The Bertz CT molecular complexity index is 437. The van der Waals surface area contributed by atoms with Crippen LogP contribution >= 0.6 is 12.6 Å². The second-order valence-corrected chi connectivity index (χ2v) is 3.07. The third-order valence-electron chi connectivity index (χ3n) is 1.80. The number of hydrogen-bond donors (Lipinski definition) is 2. The van der Waals surface area contributed by atoms with Crippen molar-refractivity contribution >= 4 is 12.6 Å². The maximum absolute atomic E-state index is 11.4. The average molecular weight is 233 g/mol. The Balaban J connectivity index is 3.09. The van der Waals surface area contributed by atoms with Crippen LogP contribution in [-0.2, 0) is 16.0 Å². The Morgan fingerprint density at radius 1 is 1.47 bits per heavy atom. The molecule has 1 N–H and O–H groups in total. The molecule has 0 atom stereocenters. The smallest absolute Gasteiger partial charge is 0.330 e. The third-order valence-corrected chi connectivity index (χ3v) is 2.14. The highest BCUT2D eigenvalue weighted by molar-refractivity contribution is 7.80. The Morgan fingerprint density at radius 3 is 2.60 bits per heavy atom. The second kappa shape index (κ2) is 5.10. The standard InChI is InChI=1S/C7H11N3O4S/c1-13-4(14-2)3-10-6(12)5(11)8-9-7(10)15/h4H,3H2,1-2H3,(H,8,11)(H,9,15). The molecule has 7 nitrogen and oxygen atoms in total. The maximum Gasteiger partial charge on any atom is 0.330 e. The van der Waals surface area contributed by atoms with Gasteiger partial charge in [0.25, 0.3) is 0 Å². The van der Waals surface area contributed by atoms with Crippen LogP contribution in [0.3, 0.4) is 0 Å². The molecule has 15 heavy (non-hydrogen) atoms. The summed E-state index contributed by atoms with van der Waals surface area (Å²) in [7, 11) is 2.86. The van der Waals surface area contributed by atoms with Gasteiger partial charge in [0.1, 0.15) is 0 Å². The van der Waals surface area contributed by atoms with E-state index in [4.69, 9.17) is 9.47 Å². The van der Waals surface area contributed by atoms with Gasteiger partial charge in [0.15, 0.2) is 11.4 Å². The third kappa shape index (κ3) is 2.67. The normalized spacial score (nSPS) is 10.9. The van der Waals surface area contributed by atoms with E-state index in [0.29, 0.717) is 0 Å². The minimum atomic E-state index is -0.807. The number of aromatic nitrogens is 3. The van der Waals surface area contributed by atoms with Crippen LogP contribution in [0.15, 0.2) is 14.7 Å². The number of H-pyrrole nitrogens is 1. The van der Waals surface area contributed by atoms with Gasteiger partial charge in [-0.3, -0.25) is 14.2 Å². The molecule has 0 spiro atoms. The molecule has 1 aromatic rings. The number of aromatic amines is 1. The summed E-state index contributed by atoms with van der Waals surface area (Å²) < 4.78 is 10.9. The van der Waals surface area contributed by atoms with Crippen LogP contribution in [0.1, 0.15) is 0 Å². The predicted molar refractivity (Wildman–Crippen MR) is 54.2 cm³/mol. The van der Waals surface area contributed by atoms with Crippen molar-refractivity contribution in [3.8, 4) is 0 Å². The number of hydrogen-bond acceptors (Lipinski definition) is 6. The van der Waals surface area contributed by atoms with E-state index in [-0.39, 0.29) is 11.7 Å². The highest BCUT2D eigenvalue weighted by atomic mass is 32.1. The summed E-state index contributed by atoms with van der Waals surface area (Å²) >= 11 is 3.94. The average Bonchev–Trinajstić information content (AvgIpc) is 2.24. The van der Waals surface area contributed by atoms with Gasteiger partial charge in [-0.05, 0) is 0 Å². The highest BCUT2D eigenvalue weighted by Gasteiger charge is 2.12. The quantitative estimate of drug-likeness (QED) is 0.389. The lowest BCUT2D eigenvalue weighted by molar-refractivity contribution is -0.112. The van der Waals surface area contributed by atoms with E-state index in [1.54, 1.807) is 0 Å². The van der Waals surface area contributed by atoms with E-state index >= 15 is 0 Å². The lowest BCUT2D eigenvalue weighted by Crippen LogP contribution is -2.40. The van der Waals surface area contributed by atoms with E-state index in [0.717, 1.165) is 4.57 Å². The summed E-state index contributed by atoms with van der Waals surface area (Å²) in [4.78, 5) is 22.4. The summed E-state index contributed by atoms with van der Waals surface area (Å²) in [5.74, 6) is 0. The van der Waals surface area contributed by atoms with E-state index < -0.39 is 17.4 Å². The molecule has 0 saturated carbocycles. The van der Waals surface area contributed by atoms with Crippen LogP contribution in [0.5, 0.6) is 0 Å². The molecule has 0 aliphatic rings. The number of rotatable bonds is 4. The van der Waals surface area contributed by atoms with Crippen LogP contribution in [0.25, 0.3) is 0 Å². The molecule has 0 unspecified atom stereocenters. The molecule has 0 bridgehead atoms. The zero-order chi connectivity index (χ0) is 11.4. The summed E-state index contributed by atoms with van der Waals surface area (Å²) in [6.45, 7) is 0.0571. The molecule has 1 aromatic heterocycles. The number of nitrogens with zero attached hydrogens (tertiary/aromatic N) is 2. The molecule has 0 amide bonds. The van der Waals surface area contributed by atoms with E-state index in [1.165, 1.54) is 14.2 Å². The molecule has 0 aromatic carbocycles. The van der Waals surface area contributed by atoms with Gasteiger partial charge in [-0.1, -0.05) is 0 Å². The first-order chi connectivity index (χ1) is 7.10. The summed E-state index contributed by atoms with van der Waals surface area (Å²) in [5.41, 5.74) is -1.55. The van der Waals surface area contributed by atoms with Gasteiger partial charge in [-0.2, -0.15) is 0 Å². The van der Waals surface area contributed by atoms with Crippen LogP contribution < -0.4 is 11.1 Å². The molecule has 0 radical (unpaired) electrons. The number of methoxy groups -OCH3 is 2. The van der Waals surface area contributed by atoms with Gasteiger partial charge >= 0.3 is 11.1 Å². The molecule has 8 heteroatoms. The molecule has 0 aliphatic carbocycles. The number of nitrogens with one attached hydrogen (secondary N) is 1. The predicted octanol–water partition coefficient (Wildman–Crippen LogP) is -1.16. The van der Waals surface area contributed by atoms with Gasteiger partial charge < -0.3 is 9.47 Å². The van der Waals surface area contributed by atoms with E-state index in [2.05, 4.69) is 17.7 Å². The van der Waals surface area contributed by atoms with Crippen molar-refractivity contribution < 1.29 is 9.47 Å². The molecule has 1 rings (SSSR count). The van der Waals surface area contributed by atoms with E-state index in [1.807, 2.05) is 5.10 Å². The largest absolute Gasteiger partial charge is 0.354 e. The van der Waals surface area contributed by atoms with Crippen molar-refractivity contribution in [2.24, 2.45) is 0 Å². The number of thiol groups is 1. The lowest BCUT2D eigenvalue weighted by Gasteiger charge is -2.14. The Labute approximate surface area is 90.4 Å². The summed E-state index contributed by atoms with van der Waals surface area (Å²) in [6, 6.07) is 0. The number of ether oxygens (including phenoxy) is 2. The van der Waals surface area contributed by atoms with Gasteiger partial charge in [0.2, 0.25) is 0 Å². The van der Waals surface area contributed by atoms with Crippen molar-refractivity contribution in [1.29, 1.82) is 0 Å². The van der Waals surface area contributed by atoms with Gasteiger partial charge in [-0.25, -0.2) is 5.10 Å². The van der Waals surface area contributed by atoms with Crippen molar-refractivity contribution in [2.75, 3.05) is 14.2 Å². The van der Waals surface area contributed by atoms with Crippen molar-refractivity contribution in [1.82, 2.24) is 14.8 Å². The van der Waals surface area contributed by atoms with Gasteiger partial charge in [0.05, 0.1) is 6.54 Å². The molecular weight excluding hydrogens is 222 g/mol. The van der Waals surface area contributed by atoms with Crippen LogP contribution in [-0.4, -0.2) is 35.3 Å². The molecule has 1 heterocycles. The van der Waals surface area contributed by atoms with Gasteiger partial charge in [0, 0.05) is 14.2 Å². The molecule has 84 valence electrons. The highest BCUT2D eigenvalue weighted by Crippen LogP contribution is 1.99. The molecule has 0 aliphatic heterocycles. The zero-order valence-electron chi connectivity index (χ0n) is 8.26. The zero-order valence-corrected chi connectivity index (χ0v) is 9.15. The summed E-state index contributed by atoms with van der Waals surface area (Å²) in [6.07, 6.45) is -0.628. The maximum atomic E-state index is 11.4. The minimum absolute atomic E-state index is 0.0571. The Kier molecular flexibility index (Phi) is 4.06. The molecule has 0 saturated heterocycles. The Hall–Kier alpha value is -1.12. The topological polar surface area (TPSA) is 86.2 Å². The van der Waals surface area contributed by atoms with E-state index in [9.17, 15) is 9.59 Å². The molecular formula is C7H11N3O4S. The van der Waals surface area contributed by atoms with Crippen molar-refractivity contribution in [3.63, 3.8) is 0 Å². The first kappa shape index (κ1) is 12.0. The fraction of sp³-hybridized carbons (Fsp3) is 0.571. The Morgan fingerprint density at radius 2 is 2.07 bits per heavy atom.